The molecule has 212 valence electrons. The van der Waals surface area contributed by atoms with Crippen LogP contribution in [0.3, 0.4) is 0 Å². The van der Waals surface area contributed by atoms with E-state index in [1.54, 1.807) is 0 Å². The third-order valence-electron chi connectivity index (χ3n) is 7.63. The molecule has 1 fully saturated rings. The third-order valence-corrected chi connectivity index (χ3v) is 7.63. The van der Waals surface area contributed by atoms with Gasteiger partial charge < -0.3 is 9.88 Å². The van der Waals surface area contributed by atoms with Gasteiger partial charge >= 0.3 is 0 Å². The van der Waals surface area contributed by atoms with Gasteiger partial charge in [0.15, 0.2) is 0 Å². The number of fused-ring (bicyclic) bond motifs is 1. The van der Waals surface area contributed by atoms with Gasteiger partial charge in [-0.2, -0.15) is 0 Å². The zero-order chi connectivity index (χ0) is 29.1. The number of benzene rings is 1. The van der Waals surface area contributed by atoms with Crippen LogP contribution >= 0.6 is 0 Å². The molecule has 1 saturated heterocycles. The number of aromatic amines is 1. The van der Waals surface area contributed by atoms with Crippen molar-refractivity contribution in [2.24, 2.45) is 0 Å². The lowest BCUT2D eigenvalue weighted by Gasteiger charge is -2.31. The van der Waals surface area contributed by atoms with E-state index in [0.29, 0.717) is 0 Å². The summed E-state index contributed by atoms with van der Waals surface area (Å²) in [4.78, 5) is 14.5. The largest absolute Gasteiger partial charge is 0.361 e. The maximum absolute atomic E-state index is 4.49. The number of H-pyrrole nitrogens is 1. The van der Waals surface area contributed by atoms with Gasteiger partial charge in [0.1, 0.15) is 0 Å². The van der Waals surface area contributed by atoms with E-state index in [4.69, 9.17) is 0 Å². The Hall–Kier alpha value is -3.66. The number of nitrogens with zero attached hydrogens (tertiary/aromatic N) is 3. The molecule has 0 atom stereocenters. The first-order chi connectivity index (χ1) is 19.4. The van der Waals surface area contributed by atoms with Crippen LogP contribution < -0.4 is 4.90 Å². The van der Waals surface area contributed by atoms with Crippen molar-refractivity contribution < 1.29 is 0 Å². The number of anilines is 1. The summed E-state index contributed by atoms with van der Waals surface area (Å²) in [5.41, 5.74) is 11.9. The van der Waals surface area contributed by atoms with Crippen molar-refractivity contribution in [2.45, 2.75) is 80.6 Å². The molecule has 0 amide bonds. The summed E-state index contributed by atoms with van der Waals surface area (Å²) in [6.45, 7) is 21.0. The summed E-state index contributed by atoms with van der Waals surface area (Å²) in [6, 6.07) is 8.67. The number of hydrogen-bond acceptors (Lipinski definition) is 3. The van der Waals surface area contributed by atoms with Crippen molar-refractivity contribution in [3.05, 3.63) is 107 Å². The van der Waals surface area contributed by atoms with Gasteiger partial charge in [0.05, 0.1) is 0 Å². The molecule has 1 aromatic carbocycles. The number of rotatable bonds is 5. The molecule has 1 aliphatic heterocycles. The molecule has 4 nitrogen and oxygen atoms in total. The fourth-order valence-corrected chi connectivity index (χ4v) is 5.22. The minimum atomic E-state index is 0.796. The molecular formula is C36H48N4. The van der Waals surface area contributed by atoms with Crippen molar-refractivity contribution >= 4 is 22.4 Å². The van der Waals surface area contributed by atoms with E-state index >= 15 is 0 Å². The quantitative estimate of drug-likeness (QED) is 0.353. The summed E-state index contributed by atoms with van der Waals surface area (Å²) in [6.07, 6.45) is 18.3. The summed E-state index contributed by atoms with van der Waals surface area (Å²) >= 11 is 0. The summed E-state index contributed by atoms with van der Waals surface area (Å²) in [5, 5.41) is 1.23. The number of allylic oxidation sites excluding steroid dienone is 7. The van der Waals surface area contributed by atoms with Crippen LogP contribution in [0, 0.1) is 6.92 Å². The Kier molecular flexibility index (Phi) is 11.7. The first kappa shape index (κ1) is 30.9. The molecule has 1 aliphatic carbocycles. The van der Waals surface area contributed by atoms with Crippen LogP contribution in [0.4, 0.5) is 5.95 Å². The fourth-order valence-electron chi connectivity index (χ4n) is 5.22. The zero-order valence-corrected chi connectivity index (χ0v) is 25.8. The van der Waals surface area contributed by atoms with Gasteiger partial charge in [0, 0.05) is 37.2 Å². The van der Waals surface area contributed by atoms with E-state index in [1.807, 2.05) is 39.4 Å². The number of nitrogens with one attached hydrogen (secondary N) is 1. The second-order valence-corrected chi connectivity index (χ2v) is 10.3. The van der Waals surface area contributed by atoms with E-state index in [2.05, 4.69) is 96.6 Å². The van der Waals surface area contributed by atoms with Crippen molar-refractivity contribution in [2.75, 3.05) is 18.0 Å². The Morgan fingerprint density at radius 1 is 1.07 bits per heavy atom. The fraction of sp³-hybridized carbons (Fsp3) is 0.389. The topological polar surface area (TPSA) is 44.8 Å². The van der Waals surface area contributed by atoms with Gasteiger partial charge in [-0.05, 0) is 115 Å². The summed E-state index contributed by atoms with van der Waals surface area (Å²) in [5.74, 6) is 0.796. The third kappa shape index (κ3) is 7.71. The lowest BCUT2D eigenvalue weighted by Crippen LogP contribution is -2.33. The molecule has 1 N–H and O–H groups in total. The monoisotopic (exact) mass is 536 g/mol. The number of hydrogen-bond donors (Lipinski definition) is 1. The normalized spacial score (nSPS) is 16.5. The lowest BCUT2D eigenvalue weighted by atomic mass is 9.91. The molecule has 2 aliphatic rings. The van der Waals surface area contributed by atoms with E-state index in [9.17, 15) is 0 Å². The number of aryl methyl sites for hydroxylation is 1. The second-order valence-electron chi connectivity index (χ2n) is 10.3. The summed E-state index contributed by atoms with van der Waals surface area (Å²) in [7, 11) is 0. The van der Waals surface area contributed by atoms with Crippen LogP contribution in [-0.2, 0) is 0 Å². The van der Waals surface area contributed by atoms with Crippen molar-refractivity contribution in [1.82, 2.24) is 15.0 Å². The van der Waals surface area contributed by atoms with Crippen LogP contribution in [0.2, 0.25) is 0 Å². The molecule has 4 heteroatoms. The van der Waals surface area contributed by atoms with E-state index in [-0.39, 0.29) is 0 Å². The maximum Gasteiger partial charge on any atom is 0.225 e. The molecule has 0 unspecified atom stereocenters. The average Bonchev–Trinajstić information content (AvgIpc) is 3.39. The van der Waals surface area contributed by atoms with Crippen molar-refractivity contribution in [3.63, 3.8) is 0 Å². The Bertz CT molecular complexity index is 1400. The Balaban J connectivity index is 0.000000249. The minimum absolute atomic E-state index is 0.796. The first-order valence-electron chi connectivity index (χ1n) is 15.0. The molecule has 40 heavy (non-hydrogen) atoms. The molecule has 3 heterocycles. The SMILES string of the molecule is C=C1CCN(c2ncc(C)cn2)C/C1=C(/C)c1ccc2[nH]ccc2c1.CC.CCCC1=C(C)C(CC)=CCC=C1. The highest BCUT2D eigenvalue weighted by atomic mass is 15.2. The molecule has 3 aromatic rings. The highest BCUT2D eigenvalue weighted by molar-refractivity contribution is 5.85. The van der Waals surface area contributed by atoms with E-state index in [0.717, 1.165) is 37.4 Å². The Morgan fingerprint density at radius 3 is 2.52 bits per heavy atom. The predicted molar refractivity (Wildman–Crippen MR) is 175 cm³/mol. The van der Waals surface area contributed by atoms with Gasteiger partial charge in [-0.1, -0.05) is 65.0 Å². The van der Waals surface area contributed by atoms with Crippen LogP contribution in [0.1, 0.15) is 84.8 Å². The van der Waals surface area contributed by atoms with Crippen LogP contribution in [0.5, 0.6) is 0 Å². The molecular weight excluding hydrogens is 488 g/mol. The van der Waals surface area contributed by atoms with Gasteiger partial charge in [-0.25, -0.2) is 9.97 Å². The zero-order valence-electron chi connectivity index (χ0n) is 25.8. The van der Waals surface area contributed by atoms with Gasteiger partial charge in [-0.15, -0.1) is 0 Å². The highest BCUT2D eigenvalue weighted by Crippen LogP contribution is 2.31. The molecule has 0 radical (unpaired) electrons. The van der Waals surface area contributed by atoms with Crippen LogP contribution in [-0.4, -0.2) is 28.0 Å². The lowest BCUT2D eigenvalue weighted by molar-refractivity contribution is 0.742. The van der Waals surface area contributed by atoms with Gasteiger partial charge in [0.2, 0.25) is 5.95 Å². The Morgan fingerprint density at radius 2 is 1.82 bits per heavy atom. The van der Waals surface area contributed by atoms with Crippen molar-refractivity contribution in [3.8, 4) is 0 Å². The van der Waals surface area contributed by atoms with Crippen molar-refractivity contribution in [1.29, 1.82) is 0 Å². The summed E-state index contributed by atoms with van der Waals surface area (Å²) < 4.78 is 0. The highest BCUT2D eigenvalue weighted by Gasteiger charge is 2.21. The average molecular weight is 537 g/mol. The van der Waals surface area contributed by atoms with Gasteiger partial charge in [-0.3, -0.25) is 0 Å². The van der Waals surface area contributed by atoms with Crippen LogP contribution in [0.25, 0.3) is 16.5 Å². The van der Waals surface area contributed by atoms with E-state index < -0.39 is 0 Å². The number of piperidine rings is 1. The molecule has 0 saturated carbocycles. The molecule has 0 spiro atoms. The first-order valence-corrected chi connectivity index (χ1v) is 15.0. The molecule has 5 rings (SSSR count). The van der Waals surface area contributed by atoms with E-state index in [1.165, 1.54) is 69.2 Å². The predicted octanol–water partition coefficient (Wildman–Crippen LogP) is 9.93. The standard InChI is InChI=1S/C21H22N4.C13H20.C2H6/c1-14-11-23-21(24-12-14)25-9-7-15(2)19(13-25)16(3)17-4-5-20-18(10-17)6-8-22-20;1-4-8-13-10-7-6-9-12(5-2)11(13)3;1-2/h4-6,8,10-12,22H,2,7,9,13H2,1,3H3;7,9-10H,4-6,8H2,1-3H3;1-2H3/b19-16+;;. The Labute approximate surface area is 242 Å². The second kappa shape index (κ2) is 15.2. The van der Waals surface area contributed by atoms with Crippen LogP contribution in [0.15, 0.2) is 95.5 Å². The maximum atomic E-state index is 4.49. The number of aromatic nitrogens is 3. The smallest absolute Gasteiger partial charge is 0.225 e. The molecule has 2 aromatic heterocycles. The van der Waals surface area contributed by atoms with Gasteiger partial charge in [0.25, 0.3) is 0 Å². The molecule has 0 bridgehead atoms. The minimum Gasteiger partial charge on any atom is -0.361 e.